The molecule has 0 saturated heterocycles. The number of hydrogen-bond donors (Lipinski definition) is 1. The molecule has 0 aliphatic carbocycles. The highest BCUT2D eigenvalue weighted by atomic mass is 35.5. The molecule has 0 unspecified atom stereocenters. The molecule has 0 spiro atoms. The van der Waals surface area contributed by atoms with Crippen LogP contribution in [0.3, 0.4) is 0 Å². The second-order valence-corrected chi connectivity index (χ2v) is 6.63. The summed E-state index contributed by atoms with van der Waals surface area (Å²) in [6.45, 7) is 0.654. The van der Waals surface area contributed by atoms with Crippen LogP contribution in [0.25, 0.3) is 11.4 Å². The van der Waals surface area contributed by atoms with E-state index in [1.807, 2.05) is 28.8 Å². The van der Waals surface area contributed by atoms with Crippen LogP contribution in [0.15, 0.2) is 52.2 Å². The Morgan fingerprint density at radius 1 is 1.31 bits per heavy atom. The number of aromatic nitrogens is 3. The summed E-state index contributed by atoms with van der Waals surface area (Å²) in [7, 11) is 0. The van der Waals surface area contributed by atoms with Crippen LogP contribution in [0.5, 0.6) is 0 Å². The van der Waals surface area contributed by atoms with Gasteiger partial charge in [0.05, 0.1) is 25.1 Å². The molecule has 1 amide bonds. The number of rotatable bonds is 7. The number of terminal acetylenes is 1. The van der Waals surface area contributed by atoms with Crippen molar-refractivity contribution in [1.29, 1.82) is 0 Å². The molecule has 8 heteroatoms. The molecule has 6 nitrogen and oxygen atoms in total. The Hall–Kier alpha value is -2.69. The first-order valence-electron chi connectivity index (χ1n) is 7.72. The van der Waals surface area contributed by atoms with E-state index in [4.69, 9.17) is 22.4 Å². The van der Waals surface area contributed by atoms with E-state index in [2.05, 4.69) is 21.4 Å². The summed E-state index contributed by atoms with van der Waals surface area (Å²) in [4.78, 5) is 11.8. The molecule has 1 aromatic carbocycles. The molecule has 3 aromatic rings. The van der Waals surface area contributed by atoms with Gasteiger partial charge in [-0.15, -0.1) is 16.6 Å². The molecule has 0 bridgehead atoms. The van der Waals surface area contributed by atoms with Gasteiger partial charge in [-0.2, -0.15) is 0 Å². The molecule has 2 heterocycles. The maximum absolute atomic E-state index is 11.8. The molecule has 0 aliphatic rings. The molecule has 3 rings (SSSR count). The van der Waals surface area contributed by atoms with Crippen LogP contribution in [0.2, 0.25) is 5.02 Å². The molecule has 2 aromatic heterocycles. The van der Waals surface area contributed by atoms with E-state index in [0.717, 1.165) is 11.3 Å². The Kier molecular flexibility index (Phi) is 6.00. The van der Waals surface area contributed by atoms with Gasteiger partial charge in [-0.3, -0.25) is 9.36 Å². The lowest BCUT2D eigenvalue weighted by atomic mass is 10.2. The average Bonchev–Trinajstić information content (AvgIpc) is 3.29. The maximum atomic E-state index is 11.8. The number of amides is 1. The quantitative estimate of drug-likeness (QED) is 0.499. The number of furan rings is 1. The number of nitrogens with one attached hydrogen (secondary N) is 1. The summed E-state index contributed by atoms with van der Waals surface area (Å²) in [6, 6.07) is 11.0. The van der Waals surface area contributed by atoms with E-state index in [-0.39, 0.29) is 18.2 Å². The average molecular weight is 387 g/mol. The Morgan fingerprint density at radius 2 is 2.12 bits per heavy atom. The largest absolute Gasteiger partial charge is 0.467 e. The zero-order valence-corrected chi connectivity index (χ0v) is 15.3. The van der Waals surface area contributed by atoms with Gasteiger partial charge in [0.15, 0.2) is 11.0 Å². The minimum absolute atomic E-state index is 0.159. The topological polar surface area (TPSA) is 73.0 Å². The monoisotopic (exact) mass is 386 g/mol. The van der Waals surface area contributed by atoms with E-state index in [9.17, 15) is 4.79 Å². The third-order valence-electron chi connectivity index (χ3n) is 3.43. The van der Waals surface area contributed by atoms with E-state index >= 15 is 0 Å². The molecular weight excluding hydrogens is 372 g/mol. The van der Waals surface area contributed by atoms with Crippen LogP contribution in [0.1, 0.15) is 5.76 Å². The standard InChI is InChI=1S/C18H15ClN4O2S/c1-2-9-20-16(24)12-26-18-22-21-17(13-5-7-14(19)8-6-13)23(18)11-15-4-3-10-25-15/h1,3-8,10H,9,11-12H2,(H,20,24). The first-order valence-corrected chi connectivity index (χ1v) is 9.08. The molecule has 132 valence electrons. The van der Waals surface area contributed by atoms with Crippen molar-refractivity contribution in [2.75, 3.05) is 12.3 Å². The van der Waals surface area contributed by atoms with Crippen molar-refractivity contribution in [1.82, 2.24) is 20.1 Å². The number of carbonyl (C=O) groups is 1. The van der Waals surface area contributed by atoms with E-state index < -0.39 is 0 Å². The van der Waals surface area contributed by atoms with Crippen LogP contribution >= 0.6 is 23.4 Å². The molecule has 1 N–H and O–H groups in total. The highest BCUT2D eigenvalue weighted by molar-refractivity contribution is 7.99. The van der Waals surface area contributed by atoms with Gasteiger partial charge >= 0.3 is 0 Å². The van der Waals surface area contributed by atoms with Gasteiger partial charge in [-0.1, -0.05) is 29.3 Å². The Labute approximate surface area is 159 Å². The second kappa shape index (κ2) is 8.61. The molecule has 0 saturated carbocycles. The maximum Gasteiger partial charge on any atom is 0.231 e. The van der Waals surface area contributed by atoms with Gasteiger partial charge in [0, 0.05) is 10.6 Å². The molecule has 0 fully saturated rings. The number of halogens is 1. The van der Waals surface area contributed by atoms with Crippen molar-refractivity contribution in [2.45, 2.75) is 11.7 Å². The number of thioether (sulfide) groups is 1. The third kappa shape index (κ3) is 4.48. The first-order chi connectivity index (χ1) is 12.7. The number of benzene rings is 1. The van der Waals surface area contributed by atoms with Gasteiger partial charge < -0.3 is 9.73 Å². The minimum Gasteiger partial charge on any atom is -0.467 e. The lowest BCUT2D eigenvalue weighted by Gasteiger charge is -2.09. The fraction of sp³-hybridized carbons (Fsp3) is 0.167. The smallest absolute Gasteiger partial charge is 0.231 e. The Bertz CT molecular complexity index is 914. The van der Waals surface area contributed by atoms with Crippen molar-refractivity contribution < 1.29 is 9.21 Å². The normalized spacial score (nSPS) is 10.5. The Balaban J connectivity index is 1.85. The van der Waals surface area contributed by atoms with Gasteiger partial charge in [0.1, 0.15) is 5.76 Å². The predicted octanol–water partition coefficient (Wildman–Crippen LogP) is 3.08. The summed E-state index contributed by atoms with van der Waals surface area (Å²) >= 11 is 7.25. The first kappa shape index (κ1) is 18.1. The minimum atomic E-state index is -0.159. The highest BCUT2D eigenvalue weighted by Gasteiger charge is 2.17. The second-order valence-electron chi connectivity index (χ2n) is 5.25. The number of nitrogens with zero attached hydrogens (tertiary/aromatic N) is 3. The van der Waals surface area contributed by atoms with Gasteiger partial charge in [0.2, 0.25) is 5.91 Å². The van der Waals surface area contributed by atoms with E-state index in [1.54, 1.807) is 18.4 Å². The summed E-state index contributed by atoms with van der Waals surface area (Å²) < 4.78 is 7.35. The number of hydrogen-bond acceptors (Lipinski definition) is 5. The van der Waals surface area contributed by atoms with Gasteiger partial charge in [-0.05, 0) is 36.4 Å². The Morgan fingerprint density at radius 3 is 2.81 bits per heavy atom. The highest BCUT2D eigenvalue weighted by Crippen LogP contribution is 2.26. The van der Waals surface area contributed by atoms with Crippen LogP contribution in [0, 0.1) is 12.3 Å². The SMILES string of the molecule is C#CCNC(=O)CSc1nnc(-c2ccc(Cl)cc2)n1Cc1ccco1. The fourth-order valence-corrected chi connectivity index (χ4v) is 3.13. The van der Waals surface area contributed by atoms with Crippen molar-refractivity contribution in [3.63, 3.8) is 0 Å². The fourth-order valence-electron chi connectivity index (χ4n) is 2.24. The zero-order chi connectivity index (χ0) is 18.4. The summed E-state index contributed by atoms with van der Waals surface area (Å²) in [6.07, 6.45) is 6.76. The summed E-state index contributed by atoms with van der Waals surface area (Å²) in [5.41, 5.74) is 0.872. The predicted molar refractivity (Wildman–Crippen MR) is 101 cm³/mol. The molecular formula is C18H15ClN4O2S. The van der Waals surface area contributed by atoms with Crippen molar-refractivity contribution >= 4 is 29.3 Å². The molecule has 26 heavy (non-hydrogen) atoms. The lowest BCUT2D eigenvalue weighted by Crippen LogP contribution is -2.25. The van der Waals surface area contributed by atoms with E-state index in [1.165, 1.54) is 11.8 Å². The van der Waals surface area contributed by atoms with Crippen molar-refractivity contribution in [3.8, 4) is 23.7 Å². The molecule has 0 radical (unpaired) electrons. The van der Waals surface area contributed by atoms with Gasteiger partial charge in [0.25, 0.3) is 0 Å². The van der Waals surface area contributed by atoms with Crippen LogP contribution < -0.4 is 5.32 Å². The molecule has 0 atom stereocenters. The van der Waals surface area contributed by atoms with Crippen LogP contribution in [-0.4, -0.2) is 33.0 Å². The summed E-state index contributed by atoms with van der Waals surface area (Å²) in [5, 5.41) is 12.4. The van der Waals surface area contributed by atoms with Crippen LogP contribution in [-0.2, 0) is 11.3 Å². The lowest BCUT2D eigenvalue weighted by molar-refractivity contribution is -0.118. The van der Waals surface area contributed by atoms with Crippen LogP contribution in [0.4, 0.5) is 0 Å². The van der Waals surface area contributed by atoms with Gasteiger partial charge in [-0.25, -0.2) is 0 Å². The number of carbonyl (C=O) groups excluding carboxylic acids is 1. The molecule has 0 aliphatic heterocycles. The van der Waals surface area contributed by atoms with Crippen molar-refractivity contribution in [3.05, 3.63) is 53.4 Å². The van der Waals surface area contributed by atoms with Crippen molar-refractivity contribution in [2.24, 2.45) is 0 Å². The zero-order valence-electron chi connectivity index (χ0n) is 13.7. The third-order valence-corrected chi connectivity index (χ3v) is 4.65. The van der Waals surface area contributed by atoms with E-state index in [0.29, 0.717) is 22.5 Å². The summed E-state index contributed by atoms with van der Waals surface area (Å²) in [5.74, 6) is 3.84.